The zero-order valence-electron chi connectivity index (χ0n) is 12.1. The Morgan fingerprint density at radius 1 is 1.27 bits per heavy atom. The average molecular weight is 362 g/mol. The highest BCUT2D eigenvalue weighted by atomic mass is 79.9. The Morgan fingerprint density at radius 2 is 1.95 bits per heavy atom. The monoisotopic (exact) mass is 361 g/mol. The van der Waals surface area contributed by atoms with Crippen molar-refractivity contribution >= 4 is 21.8 Å². The minimum absolute atomic E-state index is 0.199. The van der Waals surface area contributed by atoms with E-state index in [4.69, 9.17) is 15.2 Å². The maximum absolute atomic E-state index is 9.90. The Balaban J connectivity index is 2.26. The zero-order valence-corrected chi connectivity index (χ0v) is 13.6. The molecule has 1 heterocycles. The van der Waals surface area contributed by atoms with Gasteiger partial charge in [-0.15, -0.1) is 0 Å². The molecule has 1 aromatic rings. The number of ether oxygens (including phenoxy) is 2. The van der Waals surface area contributed by atoms with Crippen LogP contribution in [0.1, 0.15) is 11.5 Å². The molecule has 1 aromatic carbocycles. The van der Waals surface area contributed by atoms with Gasteiger partial charge in [-0.2, -0.15) is 10.5 Å². The van der Waals surface area contributed by atoms with Crippen molar-refractivity contribution in [2.24, 2.45) is 16.6 Å². The van der Waals surface area contributed by atoms with E-state index in [9.17, 15) is 10.5 Å². The Morgan fingerprint density at radius 3 is 2.45 bits per heavy atom. The van der Waals surface area contributed by atoms with E-state index in [1.807, 2.05) is 24.3 Å². The number of benzene rings is 1. The fourth-order valence-corrected chi connectivity index (χ4v) is 4.22. The van der Waals surface area contributed by atoms with Crippen LogP contribution in [0.25, 0.3) is 0 Å². The Kier molecular flexibility index (Phi) is 3.09. The fraction of sp³-hybridized carbons (Fsp3) is 0.400. The molecule has 22 heavy (non-hydrogen) atoms. The molecule has 1 fully saturated rings. The molecule has 7 heteroatoms. The molecular formula is C15H14BrN4O2+. The predicted molar refractivity (Wildman–Crippen MR) is 79.9 cm³/mol. The quantitative estimate of drug-likeness (QED) is 0.735. The highest BCUT2D eigenvalue weighted by Gasteiger charge is 2.96. The second-order valence-corrected chi connectivity index (χ2v) is 6.31. The first-order valence-electron chi connectivity index (χ1n) is 6.59. The van der Waals surface area contributed by atoms with E-state index in [-0.39, 0.29) is 5.84 Å². The minimum atomic E-state index is -1.45. The Labute approximate surface area is 136 Å². The molecule has 0 radical (unpaired) electrons. The number of amidine groups is 1. The number of nitriles is 2. The van der Waals surface area contributed by atoms with E-state index < -0.39 is 22.7 Å². The molecule has 0 spiro atoms. The molecular weight excluding hydrogens is 348 g/mol. The van der Waals surface area contributed by atoms with Gasteiger partial charge in [0.1, 0.15) is 0 Å². The SMILES string of the molecule is COC1(OC)[NH+]=C(N)[C@@]2(C#N)[C@@H](c3cccc(Br)c3)[C@@]12C#N. The van der Waals surface area contributed by atoms with Gasteiger partial charge in [-0.05, 0) is 17.7 Å². The van der Waals surface area contributed by atoms with Crippen molar-refractivity contribution in [3.05, 3.63) is 34.3 Å². The van der Waals surface area contributed by atoms with E-state index in [2.05, 4.69) is 33.1 Å². The van der Waals surface area contributed by atoms with Crippen LogP contribution in [0, 0.1) is 33.5 Å². The van der Waals surface area contributed by atoms with E-state index >= 15 is 0 Å². The third-order valence-electron chi connectivity index (χ3n) is 4.76. The summed E-state index contributed by atoms with van der Waals surface area (Å²) in [5.74, 6) is -1.69. The molecule has 3 rings (SSSR count). The Bertz CT molecular complexity index is 762. The first-order chi connectivity index (χ1) is 10.5. The first-order valence-corrected chi connectivity index (χ1v) is 7.38. The lowest BCUT2D eigenvalue weighted by atomic mass is 9.93. The molecule has 1 aliphatic heterocycles. The molecule has 0 amide bonds. The van der Waals surface area contributed by atoms with Gasteiger partial charge in [0.15, 0.2) is 10.8 Å². The van der Waals surface area contributed by atoms with Crippen molar-refractivity contribution in [2.45, 2.75) is 11.8 Å². The van der Waals surface area contributed by atoms with Gasteiger partial charge in [-0.25, -0.2) is 4.99 Å². The molecule has 112 valence electrons. The standard InChI is InChI=1S/C15H13BrN4O2/c1-21-15(22-2)14(8-18)11(9-4-3-5-10(16)6-9)13(14,7-17)12(19)20-15/h3-6,11H,1-2H3,(H2,19,20)/p+1/t11-,13-,14-/m1/s1. The van der Waals surface area contributed by atoms with Crippen LogP contribution < -0.4 is 10.7 Å². The van der Waals surface area contributed by atoms with Crippen LogP contribution in [0.5, 0.6) is 0 Å². The third kappa shape index (κ3) is 1.32. The lowest BCUT2D eigenvalue weighted by Crippen LogP contribution is -2.90. The molecule has 2 aliphatic rings. The van der Waals surface area contributed by atoms with E-state index in [0.29, 0.717) is 0 Å². The molecule has 0 saturated heterocycles. The summed E-state index contributed by atoms with van der Waals surface area (Å²) in [6.45, 7) is 0. The average Bonchev–Trinajstić information content (AvgIpc) is 3.11. The summed E-state index contributed by atoms with van der Waals surface area (Å²) in [4.78, 5) is 2.86. The first kappa shape index (κ1) is 15.0. The number of hydrogen-bond donors (Lipinski definition) is 2. The summed E-state index contributed by atoms with van der Waals surface area (Å²) < 4.78 is 11.8. The van der Waals surface area contributed by atoms with Gasteiger partial charge in [0.05, 0.1) is 12.1 Å². The van der Waals surface area contributed by atoms with Crippen LogP contribution in [0.15, 0.2) is 28.7 Å². The largest absolute Gasteiger partial charge is 0.342 e. The van der Waals surface area contributed by atoms with E-state index in [1.54, 1.807) is 0 Å². The van der Waals surface area contributed by atoms with Crippen LogP contribution in [-0.2, 0) is 9.47 Å². The second kappa shape index (κ2) is 4.53. The maximum Gasteiger partial charge on any atom is 0.342 e. The van der Waals surface area contributed by atoms with Gasteiger partial charge >= 0.3 is 5.91 Å². The van der Waals surface area contributed by atoms with Crippen molar-refractivity contribution < 1.29 is 14.5 Å². The van der Waals surface area contributed by atoms with Gasteiger partial charge in [0, 0.05) is 24.6 Å². The normalized spacial score (nSPS) is 34.2. The topological polar surface area (TPSA) is 106 Å². The number of nitrogens with two attached hydrogens (primary N) is 1. The maximum atomic E-state index is 9.90. The molecule has 0 unspecified atom stereocenters. The molecule has 1 aliphatic carbocycles. The van der Waals surface area contributed by atoms with Crippen molar-refractivity contribution in [1.29, 1.82) is 10.5 Å². The molecule has 6 nitrogen and oxygen atoms in total. The third-order valence-corrected chi connectivity index (χ3v) is 5.25. The van der Waals surface area contributed by atoms with E-state index in [0.717, 1.165) is 10.0 Å². The van der Waals surface area contributed by atoms with Gasteiger partial charge < -0.3 is 9.47 Å². The minimum Gasteiger partial charge on any atom is -0.317 e. The highest BCUT2D eigenvalue weighted by Crippen LogP contribution is 2.78. The van der Waals surface area contributed by atoms with Crippen molar-refractivity contribution in [3.8, 4) is 12.1 Å². The van der Waals surface area contributed by atoms with Gasteiger partial charge in [-0.3, -0.25) is 5.73 Å². The van der Waals surface area contributed by atoms with E-state index in [1.165, 1.54) is 14.2 Å². The molecule has 0 bridgehead atoms. The summed E-state index contributed by atoms with van der Waals surface area (Å²) in [6.07, 6.45) is 0. The Hall–Kier alpha value is -1.93. The zero-order chi connectivity index (χ0) is 16.2. The summed E-state index contributed by atoms with van der Waals surface area (Å²) in [5.41, 5.74) is 4.48. The molecule has 3 N–H and O–H groups in total. The van der Waals surface area contributed by atoms with Crippen LogP contribution >= 0.6 is 15.9 Å². The number of hydrogen-bond acceptors (Lipinski definition) is 5. The summed E-state index contributed by atoms with van der Waals surface area (Å²) in [5, 5.41) is 19.7. The second-order valence-electron chi connectivity index (χ2n) is 5.39. The van der Waals surface area contributed by atoms with Gasteiger partial charge in [0.25, 0.3) is 5.84 Å². The highest BCUT2D eigenvalue weighted by molar-refractivity contribution is 9.10. The molecule has 1 saturated carbocycles. The van der Waals surface area contributed by atoms with Crippen LogP contribution in [0.4, 0.5) is 0 Å². The van der Waals surface area contributed by atoms with Crippen molar-refractivity contribution in [1.82, 2.24) is 0 Å². The van der Waals surface area contributed by atoms with Crippen LogP contribution in [0.2, 0.25) is 0 Å². The number of fused-ring (bicyclic) bond motifs is 1. The molecule has 0 aromatic heterocycles. The van der Waals surface area contributed by atoms with Gasteiger partial charge in [0.2, 0.25) is 0 Å². The number of nitrogens with zero attached hydrogens (tertiary/aromatic N) is 2. The van der Waals surface area contributed by atoms with Crippen molar-refractivity contribution in [3.63, 3.8) is 0 Å². The summed E-state index contributed by atoms with van der Waals surface area (Å²) in [6, 6.07) is 12.0. The summed E-state index contributed by atoms with van der Waals surface area (Å²) in [7, 11) is 2.85. The van der Waals surface area contributed by atoms with Crippen molar-refractivity contribution in [2.75, 3.05) is 14.2 Å². The predicted octanol–water partition coefficient (Wildman–Crippen LogP) is -0.0357. The number of rotatable bonds is 3. The van der Waals surface area contributed by atoms with Gasteiger partial charge in [-0.1, -0.05) is 28.1 Å². The van der Waals surface area contributed by atoms with Crippen LogP contribution in [0.3, 0.4) is 0 Å². The lowest BCUT2D eigenvalue weighted by Gasteiger charge is -2.26. The summed E-state index contributed by atoms with van der Waals surface area (Å²) >= 11 is 3.41. The number of nitrogens with one attached hydrogen (secondary N) is 1. The lowest BCUT2D eigenvalue weighted by molar-refractivity contribution is -0.687. The number of halogens is 1. The smallest absolute Gasteiger partial charge is 0.317 e. The van der Waals surface area contributed by atoms with Crippen LogP contribution in [-0.4, -0.2) is 26.0 Å². The fourth-order valence-electron chi connectivity index (χ4n) is 3.80. The molecule has 3 atom stereocenters. The number of methoxy groups -OCH3 is 2.